The molecule has 3 aromatic rings. The average molecular weight is 473 g/mol. The van der Waals surface area contributed by atoms with Crippen LogP contribution in [0, 0.1) is 0 Å². The van der Waals surface area contributed by atoms with Gasteiger partial charge in [-0.25, -0.2) is 4.68 Å². The Kier molecular flexibility index (Phi) is 6.27. The fourth-order valence-corrected chi connectivity index (χ4v) is 4.24. The molecule has 0 aliphatic carbocycles. The number of benzene rings is 2. The minimum absolute atomic E-state index is 0.0115. The standard InChI is InChI=1S/C22H18Cl2N4O2S/c1-13(2)9-25-22-28(26-10-15-16(23)4-3-5-17(15)24)19(12-31-22)14-6-7-20-18(8-14)27-21(29)11-30-20/h3-8,10,12H,1,9,11H2,2H3,(H,27,29). The Balaban J connectivity index is 1.82. The minimum Gasteiger partial charge on any atom is -0.482 e. The molecule has 31 heavy (non-hydrogen) atoms. The lowest BCUT2D eigenvalue weighted by Gasteiger charge is -2.18. The highest BCUT2D eigenvalue weighted by molar-refractivity contribution is 7.07. The van der Waals surface area contributed by atoms with Gasteiger partial charge in [-0.1, -0.05) is 41.4 Å². The second-order valence-corrected chi connectivity index (χ2v) is 8.57. The smallest absolute Gasteiger partial charge is 0.262 e. The van der Waals surface area contributed by atoms with Crippen LogP contribution in [-0.4, -0.2) is 29.9 Å². The highest BCUT2D eigenvalue weighted by atomic mass is 35.5. The summed E-state index contributed by atoms with van der Waals surface area (Å²) in [5.74, 6) is 0.440. The van der Waals surface area contributed by atoms with E-state index in [2.05, 4.69) is 22.0 Å². The summed E-state index contributed by atoms with van der Waals surface area (Å²) in [5, 5.41) is 10.4. The van der Waals surface area contributed by atoms with Gasteiger partial charge in [-0.2, -0.15) is 5.10 Å². The molecule has 1 amide bonds. The number of anilines is 1. The van der Waals surface area contributed by atoms with Gasteiger partial charge in [0.25, 0.3) is 5.91 Å². The van der Waals surface area contributed by atoms with Crippen LogP contribution in [0.4, 0.5) is 5.69 Å². The van der Waals surface area contributed by atoms with Crippen molar-refractivity contribution in [1.29, 1.82) is 0 Å². The van der Waals surface area contributed by atoms with E-state index in [4.69, 9.17) is 27.9 Å². The van der Waals surface area contributed by atoms with E-state index in [0.29, 0.717) is 38.4 Å². The van der Waals surface area contributed by atoms with E-state index in [1.165, 1.54) is 11.3 Å². The van der Waals surface area contributed by atoms with Crippen LogP contribution in [0.2, 0.25) is 10.0 Å². The van der Waals surface area contributed by atoms with Crippen molar-refractivity contribution in [2.24, 2.45) is 10.1 Å². The van der Waals surface area contributed by atoms with E-state index in [1.807, 2.05) is 30.5 Å². The van der Waals surface area contributed by atoms with E-state index >= 15 is 0 Å². The number of nitrogens with one attached hydrogen (secondary N) is 1. The topological polar surface area (TPSA) is 68.0 Å². The Morgan fingerprint density at radius 3 is 2.84 bits per heavy atom. The predicted molar refractivity (Wildman–Crippen MR) is 127 cm³/mol. The second-order valence-electron chi connectivity index (χ2n) is 6.92. The third-order valence-electron chi connectivity index (χ3n) is 4.38. The number of carbonyl (C=O) groups excluding carboxylic acids is 1. The number of nitrogens with zero attached hydrogens (tertiary/aromatic N) is 3. The Morgan fingerprint density at radius 2 is 2.10 bits per heavy atom. The van der Waals surface area contributed by atoms with Crippen LogP contribution in [0.3, 0.4) is 0 Å². The monoisotopic (exact) mass is 472 g/mol. The zero-order valence-corrected chi connectivity index (χ0v) is 18.9. The fourth-order valence-electron chi connectivity index (χ4n) is 2.91. The van der Waals surface area contributed by atoms with E-state index in [0.717, 1.165) is 16.8 Å². The summed E-state index contributed by atoms with van der Waals surface area (Å²) >= 11 is 14.0. The molecule has 2 heterocycles. The molecule has 0 unspecified atom stereocenters. The molecule has 0 atom stereocenters. The largest absolute Gasteiger partial charge is 0.482 e. The maximum absolute atomic E-state index is 11.7. The van der Waals surface area contributed by atoms with E-state index in [-0.39, 0.29) is 12.5 Å². The van der Waals surface area contributed by atoms with Crippen molar-refractivity contribution in [3.05, 3.63) is 74.3 Å². The Hall–Kier alpha value is -2.87. The lowest BCUT2D eigenvalue weighted by molar-refractivity contribution is -0.118. The van der Waals surface area contributed by atoms with Gasteiger partial charge in [0.1, 0.15) is 5.75 Å². The van der Waals surface area contributed by atoms with Crippen LogP contribution in [0.25, 0.3) is 11.3 Å². The molecule has 1 N–H and O–H groups in total. The minimum atomic E-state index is -0.189. The van der Waals surface area contributed by atoms with Crippen LogP contribution < -0.4 is 14.9 Å². The molecule has 1 aliphatic rings. The lowest BCUT2D eigenvalue weighted by Crippen LogP contribution is -2.25. The summed E-state index contributed by atoms with van der Waals surface area (Å²) in [6.45, 7) is 6.32. The Bertz CT molecular complexity index is 1260. The van der Waals surface area contributed by atoms with Gasteiger partial charge in [0, 0.05) is 16.5 Å². The zero-order chi connectivity index (χ0) is 22.0. The molecule has 0 saturated heterocycles. The van der Waals surface area contributed by atoms with Gasteiger partial charge >= 0.3 is 0 Å². The number of thiazole rings is 1. The van der Waals surface area contributed by atoms with Crippen LogP contribution >= 0.6 is 34.5 Å². The van der Waals surface area contributed by atoms with Crippen LogP contribution in [0.1, 0.15) is 12.5 Å². The van der Waals surface area contributed by atoms with E-state index < -0.39 is 0 Å². The maximum Gasteiger partial charge on any atom is 0.262 e. The molecule has 4 rings (SSSR count). The number of hydrogen-bond donors (Lipinski definition) is 1. The lowest BCUT2D eigenvalue weighted by atomic mass is 10.1. The quantitative estimate of drug-likeness (QED) is 0.408. The molecule has 6 nitrogen and oxygen atoms in total. The van der Waals surface area contributed by atoms with Gasteiger partial charge in [0.2, 0.25) is 4.80 Å². The van der Waals surface area contributed by atoms with Gasteiger partial charge in [-0.3, -0.25) is 9.79 Å². The van der Waals surface area contributed by atoms with Crippen molar-refractivity contribution in [2.75, 3.05) is 18.5 Å². The molecular weight excluding hydrogens is 455 g/mol. The van der Waals surface area contributed by atoms with Crippen LogP contribution in [-0.2, 0) is 4.79 Å². The predicted octanol–water partition coefficient (Wildman–Crippen LogP) is 5.21. The molecule has 0 bridgehead atoms. The van der Waals surface area contributed by atoms with E-state index in [9.17, 15) is 4.79 Å². The number of carbonyl (C=O) groups is 1. The summed E-state index contributed by atoms with van der Waals surface area (Å²) in [5.41, 5.74) is 3.82. The summed E-state index contributed by atoms with van der Waals surface area (Å²) in [7, 11) is 0. The normalized spacial score (nSPS) is 13.8. The molecule has 0 spiro atoms. The number of aromatic nitrogens is 1. The third kappa shape index (κ3) is 4.74. The highest BCUT2D eigenvalue weighted by Crippen LogP contribution is 2.33. The van der Waals surface area contributed by atoms with Crippen LogP contribution in [0.15, 0.2) is 64.0 Å². The van der Waals surface area contributed by atoms with E-state index in [1.54, 1.807) is 29.1 Å². The zero-order valence-electron chi connectivity index (χ0n) is 16.6. The van der Waals surface area contributed by atoms with Crippen molar-refractivity contribution < 1.29 is 9.53 Å². The molecule has 0 radical (unpaired) electrons. The summed E-state index contributed by atoms with van der Waals surface area (Å²) in [4.78, 5) is 17.0. The molecule has 158 valence electrons. The summed E-state index contributed by atoms with van der Waals surface area (Å²) in [6, 6.07) is 10.9. The van der Waals surface area contributed by atoms with Crippen molar-refractivity contribution in [1.82, 2.24) is 4.68 Å². The number of halogens is 2. The number of fused-ring (bicyclic) bond motifs is 1. The van der Waals surface area contributed by atoms with Gasteiger partial charge in [0.15, 0.2) is 6.61 Å². The van der Waals surface area contributed by atoms with Gasteiger partial charge in [-0.05, 0) is 37.3 Å². The van der Waals surface area contributed by atoms with Crippen molar-refractivity contribution >= 4 is 52.3 Å². The Labute approximate surface area is 193 Å². The number of rotatable bonds is 5. The van der Waals surface area contributed by atoms with Gasteiger partial charge in [0.05, 0.1) is 34.2 Å². The third-order valence-corrected chi connectivity index (χ3v) is 5.89. The Morgan fingerprint density at radius 1 is 1.32 bits per heavy atom. The summed E-state index contributed by atoms with van der Waals surface area (Å²) < 4.78 is 7.18. The molecule has 0 fully saturated rings. The van der Waals surface area contributed by atoms with Gasteiger partial charge in [-0.15, -0.1) is 11.3 Å². The molecule has 1 aromatic heterocycles. The SMILES string of the molecule is C=C(C)CN=c1scc(-c2ccc3c(c2)NC(=O)CO3)n1N=Cc1c(Cl)cccc1Cl. The molecule has 0 saturated carbocycles. The summed E-state index contributed by atoms with van der Waals surface area (Å²) in [6.07, 6.45) is 1.62. The molecular formula is C22H18Cl2N4O2S. The number of amides is 1. The molecule has 2 aromatic carbocycles. The second kappa shape index (κ2) is 9.09. The fraction of sp³-hybridized carbons (Fsp3) is 0.136. The van der Waals surface area contributed by atoms with Crippen molar-refractivity contribution in [2.45, 2.75) is 6.92 Å². The van der Waals surface area contributed by atoms with Crippen molar-refractivity contribution in [3.8, 4) is 17.0 Å². The first kappa shape index (κ1) is 21.4. The molecule has 1 aliphatic heterocycles. The first-order chi connectivity index (χ1) is 14.9. The maximum atomic E-state index is 11.7. The number of ether oxygens (including phenoxy) is 1. The number of hydrogen-bond acceptors (Lipinski definition) is 5. The van der Waals surface area contributed by atoms with Crippen LogP contribution in [0.5, 0.6) is 5.75 Å². The van der Waals surface area contributed by atoms with Gasteiger partial charge < -0.3 is 10.1 Å². The highest BCUT2D eigenvalue weighted by Gasteiger charge is 2.18. The first-order valence-corrected chi connectivity index (χ1v) is 11.0. The first-order valence-electron chi connectivity index (χ1n) is 9.33. The van der Waals surface area contributed by atoms with Crippen molar-refractivity contribution in [3.63, 3.8) is 0 Å². The molecule has 9 heteroatoms. The average Bonchev–Trinajstić information content (AvgIpc) is 3.14.